The second kappa shape index (κ2) is 11.3. The number of nitrogens with zero attached hydrogens (tertiary/aromatic N) is 1. The average molecular weight is 432 g/mol. The van der Waals surface area contributed by atoms with Gasteiger partial charge in [-0.3, -0.25) is 4.90 Å². The van der Waals surface area contributed by atoms with Gasteiger partial charge in [-0.2, -0.15) is 0 Å². The summed E-state index contributed by atoms with van der Waals surface area (Å²) in [6.07, 6.45) is 0. The molecule has 1 aliphatic rings. The molecule has 2 amide bonds. The van der Waals surface area contributed by atoms with Crippen LogP contribution in [0.15, 0.2) is 78.9 Å². The van der Waals surface area contributed by atoms with Crippen molar-refractivity contribution in [2.24, 2.45) is 0 Å². The van der Waals surface area contributed by atoms with Crippen molar-refractivity contribution in [2.75, 3.05) is 44.8 Å². The molecule has 6 heteroatoms. The summed E-state index contributed by atoms with van der Waals surface area (Å²) >= 11 is 0. The molecule has 0 aromatic heterocycles. The second-order valence-corrected chi connectivity index (χ2v) is 7.70. The summed E-state index contributed by atoms with van der Waals surface area (Å²) in [6, 6.07) is 25.5. The van der Waals surface area contributed by atoms with Crippen molar-refractivity contribution in [1.82, 2.24) is 10.2 Å². The topological polar surface area (TPSA) is 62.8 Å². The van der Waals surface area contributed by atoms with Crippen LogP contribution in [0, 0.1) is 0 Å². The lowest BCUT2D eigenvalue weighted by Gasteiger charge is -2.26. The monoisotopic (exact) mass is 431 g/mol. The maximum absolute atomic E-state index is 12.1. The maximum atomic E-state index is 12.1. The zero-order chi connectivity index (χ0) is 22.0. The Balaban J connectivity index is 1.23. The molecular weight excluding hydrogens is 402 g/mol. The number of carbonyl (C=O) groups excluding carboxylic acids is 1. The second-order valence-electron chi connectivity index (χ2n) is 7.70. The van der Waals surface area contributed by atoms with E-state index in [4.69, 9.17) is 9.47 Å². The lowest BCUT2D eigenvalue weighted by atomic mass is 10.1. The molecule has 0 aliphatic carbocycles. The Morgan fingerprint density at radius 3 is 2.22 bits per heavy atom. The van der Waals surface area contributed by atoms with Crippen molar-refractivity contribution in [3.63, 3.8) is 0 Å². The molecule has 6 nitrogen and oxygen atoms in total. The van der Waals surface area contributed by atoms with Crippen molar-refractivity contribution in [3.05, 3.63) is 84.4 Å². The Hall–Kier alpha value is -3.35. The van der Waals surface area contributed by atoms with E-state index in [1.54, 1.807) is 0 Å². The van der Waals surface area contributed by atoms with Crippen LogP contribution in [-0.4, -0.2) is 50.4 Å². The van der Waals surface area contributed by atoms with Gasteiger partial charge in [-0.1, -0.05) is 54.6 Å². The first kappa shape index (κ1) is 21.9. The van der Waals surface area contributed by atoms with E-state index >= 15 is 0 Å². The molecule has 0 bridgehead atoms. The highest BCUT2D eigenvalue weighted by Gasteiger charge is 2.10. The van der Waals surface area contributed by atoms with E-state index in [1.165, 1.54) is 0 Å². The number of hydrogen-bond acceptors (Lipinski definition) is 4. The van der Waals surface area contributed by atoms with Gasteiger partial charge in [0.25, 0.3) is 0 Å². The van der Waals surface area contributed by atoms with Crippen molar-refractivity contribution in [3.8, 4) is 16.9 Å². The number of ether oxygens (including phenoxy) is 2. The highest BCUT2D eigenvalue weighted by Crippen LogP contribution is 2.24. The Morgan fingerprint density at radius 2 is 1.53 bits per heavy atom. The van der Waals surface area contributed by atoms with E-state index in [-0.39, 0.29) is 6.03 Å². The van der Waals surface area contributed by atoms with Crippen LogP contribution in [0.4, 0.5) is 10.5 Å². The summed E-state index contributed by atoms with van der Waals surface area (Å²) < 4.78 is 11.2. The number of anilines is 1. The Labute approximate surface area is 189 Å². The number of benzene rings is 3. The molecule has 32 heavy (non-hydrogen) atoms. The van der Waals surface area contributed by atoms with Crippen molar-refractivity contribution in [1.29, 1.82) is 0 Å². The minimum Gasteiger partial charge on any atom is -0.492 e. The molecule has 4 rings (SSSR count). The quantitative estimate of drug-likeness (QED) is 0.555. The van der Waals surface area contributed by atoms with Crippen LogP contribution in [0.2, 0.25) is 0 Å². The number of morpholine rings is 1. The van der Waals surface area contributed by atoms with Gasteiger partial charge in [-0.15, -0.1) is 0 Å². The van der Waals surface area contributed by atoms with E-state index in [0.29, 0.717) is 13.2 Å². The highest BCUT2D eigenvalue weighted by atomic mass is 16.5. The van der Waals surface area contributed by atoms with Crippen molar-refractivity contribution in [2.45, 2.75) is 6.54 Å². The van der Waals surface area contributed by atoms with Gasteiger partial charge in [0, 0.05) is 31.9 Å². The third-order valence-electron chi connectivity index (χ3n) is 5.41. The summed E-state index contributed by atoms with van der Waals surface area (Å²) in [5.41, 5.74) is 4.00. The van der Waals surface area contributed by atoms with Crippen LogP contribution in [0.5, 0.6) is 5.75 Å². The molecule has 1 aliphatic heterocycles. The molecule has 1 fully saturated rings. The van der Waals surface area contributed by atoms with Gasteiger partial charge in [0.05, 0.1) is 13.2 Å². The summed E-state index contributed by atoms with van der Waals surface area (Å²) in [5.74, 6) is 0.871. The van der Waals surface area contributed by atoms with Crippen LogP contribution in [-0.2, 0) is 11.3 Å². The number of urea groups is 1. The van der Waals surface area contributed by atoms with E-state index in [0.717, 1.165) is 61.0 Å². The summed E-state index contributed by atoms with van der Waals surface area (Å²) in [6.45, 7) is 5.64. The predicted molar refractivity (Wildman–Crippen MR) is 127 cm³/mol. The highest BCUT2D eigenvalue weighted by molar-refractivity contribution is 5.89. The molecule has 166 valence electrons. The number of rotatable bonds is 8. The van der Waals surface area contributed by atoms with Crippen LogP contribution < -0.4 is 15.4 Å². The minimum atomic E-state index is -0.222. The third-order valence-corrected chi connectivity index (χ3v) is 5.41. The van der Waals surface area contributed by atoms with Crippen molar-refractivity contribution < 1.29 is 14.3 Å². The smallest absolute Gasteiger partial charge is 0.319 e. The lowest BCUT2D eigenvalue weighted by molar-refractivity contribution is 0.0322. The van der Waals surface area contributed by atoms with E-state index in [9.17, 15) is 4.79 Å². The first-order valence-corrected chi connectivity index (χ1v) is 11.0. The normalized spacial score (nSPS) is 14.0. The van der Waals surface area contributed by atoms with Crippen LogP contribution in [0.1, 0.15) is 5.56 Å². The Kier molecular flexibility index (Phi) is 7.74. The number of amides is 2. The number of nitrogens with one attached hydrogen (secondary N) is 2. The zero-order valence-electron chi connectivity index (χ0n) is 18.1. The fourth-order valence-corrected chi connectivity index (χ4v) is 3.56. The van der Waals surface area contributed by atoms with Gasteiger partial charge in [-0.05, 0) is 41.0 Å². The molecule has 3 aromatic rings. The third kappa shape index (κ3) is 6.57. The van der Waals surface area contributed by atoms with Crippen LogP contribution >= 0.6 is 0 Å². The molecule has 2 N–H and O–H groups in total. The fraction of sp³-hybridized carbons (Fsp3) is 0.269. The maximum Gasteiger partial charge on any atom is 0.319 e. The largest absolute Gasteiger partial charge is 0.492 e. The van der Waals surface area contributed by atoms with Gasteiger partial charge in [-0.25, -0.2) is 4.79 Å². The lowest BCUT2D eigenvalue weighted by Crippen LogP contribution is -2.38. The Morgan fingerprint density at radius 1 is 0.875 bits per heavy atom. The van der Waals surface area contributed by atoms with Crippen molar-refractivity contribution >= 4 is 11.7 Å². The van der Waals surface area contributed by atoms with Gasteiger partial charge in [0.1, 0.15) is 12.4 Å². The standard InChI is InChI=1S/C26H29N3O3/c30-26(27-20-21-4-2-1-3-5-21)28-24-10-6-22(7-11-24)23-8-12-25(13-9-23)32-19-16-29-14-17-31-18-15-29/h1-13H,14-20H2,(H2,27,28,30). The van der Waals surface area contributed by atoms with Crippen LogP contribution in [0.25, 0.3) is 11.1 Å². The minimum absolute atomic E-state index is 0.222. The molecule has 1 saturated heterocycles. The summed E-state index contributed by atoms with van der Waals surface area (Å²) in [5, 5.41) is 5.73. The van der Waals surface area contributed by atoms with Gasteiger partial charge >= 0.3 is 6.03 Å². The molecular formula is C26H29N3O3. The molecule has 0 spiro atoms. The van der Waals surface area contributed by atoms with E-state index in [2.05, 4.69) is 27.7 Å². The first-order chi connectivity index (χ1) is 15.8. The molecule has 1 heterocycles. The fourth-order valence-electron chi connectivity index (χ4n) is 3.56. The van der Waals surface area contributed by atoms with Crippen LogP contribution in [0.3, 0.4) is 0 Å². The molecule has 0 radical (unpaired) electrons. The summed E-state index contributed by atoms with van der Waals surface area (Å²) in [4.78, 5) is 14.5. The molecule has 0 saturated carbocycles. The van der Waals surface area contributed by atoms with Gasteiger partial charge in [0.15, 0.2) is 0 Å². The Bertz CT molecular complexity index is 969. The number of carbonyl (C=O) groups is 1. The van der Waals surface area contributed by atoms with Gasteiger partial charge < -0.3 is 20.1 Å². The first-order valence-electron chi connectivity index (χ1n) is 11.0. The summed E-state index contributed by atoms with van der Waals surface area (Å²) in [7, 11) is 0. The molecule has 0 unspecified atom stereocenters. The van der Waals surface area contributed by atoms with E-state index < -0.39 is 0 Å². The SMILES string of the molecule is O=C(NCc1ccccc1)Nc1ccc(-c2ccc(OCCN3CCOCC3)cc2)cc1. The number of hydrogen-bond donors (Lipinski definition) is 2. The van der Waals surface area contributed by atoms with E-state index in [1.807, 2.05) is 66.7 Å². The zero-order valence-corrected chi connectivity index (χ0v) is 18.1. The average Bonchev–Trinajstić information content (AvgIpc) is 2.85. The molecule has 3 aromatic carbocycles. The molecule has 0 atom stereocenters. The van der Waals surface area contributed by atoms with Gasteiger partial charge in [0.2, 0.25) is 0 Å². The predicted octanol–water partition coefficient (Wildman–Crippen LogP) is 4.39.